The van der Waals surface area contributed by atoms with Gasteiger partial charge in [-0.25, -0.2) is 8.91 Å². The van der Waals surface area contributed by atoms with E-state index in [9.17, 15) is 9.18 Å². The SMILES string of the molecule is C=C(C)C(=O)c1c(-c2ccc(F)cc2)nn2c(Cl)cccc12. The molecule has 0 amide bonds. The zero-order chi connectivity index (χ0) is 15.9. The van der Waals surface area contributed by atoms with Gasteiger partial charge in [0.05, 0.1) is 11.1 Å². The molecule has 3 nitrogen and oxygen atoms in total. The number of carbonyl (C=O) groups is 1. The van der Waals surface area contributed by atoms with E-state index in [1.54, 1.807) is 37.3 Å². The smallest absolute Gasteiger partial charge is 0.192 e. The van der Waals surface area contributed by atoms with Gasteiger partial charge in [0.1, 0.15) is 16.7 Å². The zero-order valence-corrected chi connectivity index (χ0v) is 12.6. The number of fused-ring (bicyclic) bond motifs is 1. The van der Waals surface area contributed by atoms with Gasteiger partial charge in [-0.05, 0) is 48.9 Å². The Morgan fingerprint density at radius 3 is 2.55 bits per heavy atom. The second-order valence-corrected chi connectivity index (χ2v) is 5.37. The maximum Gasteiger partial charge on any atom is 0.192 e. The summed E-state index contributed by atoms with van der Waals surface area (Å²) in [4.78, 5) is 12.5. The lowest BCUT2D eigenvalue weighted by Crippen LogP contribution is -2.01. The first kappa shape index (κ1) is 14.5. The van der Waals surface area contributed by atoms with Crippen LogP contribution >= 0.6 is 11.6 Å². The van der Waals surface area contributed by atoms with Crippen LogP contribution in [0.3, 0.4) is 0 Å². The van der Waals surface area contributed by atoms with Crippen molar-refractivity contribution in [1.82, 2.24) is 9.61 Å². The zero-order valence-electron chi connectivity index (χ0n) is 11.8. The number of Topliss-reactive ketones (excluding diaryl/α,β-unsaturated/α-hetero) is 1. The molecule has 0 atom stereocenters. The number of halogens is 2. The molecule has 0 unspecified atom stereocenters. The van der Waals surface area contributed by atoms with Crippen LogP contribution in [0.5, 0.6) is 0 Å². The van der Waals surface area contributed by atoms with E-state index >= 15 is 0 Å². The topological polar surface area (TPSA) is 34.4 Å². The van der Waals surface area contributed by atoms with Gasteiger partial charge in [-0.2, -0.15) is 5.10 Å². The quantitative estimate of drug-likeness (QED) is 0.404. The Morgan fingerprint density at radius 1 is 1.23 bits per heavy atom. The minimum atomic E-state index is -0.349. The lowest BCUT2D eigenvalue weighted by Gasteiger charge is -2.02. The average Bonchev–Trinajstić information content (AvgIpc) is 2.88. The lowest BCUT2D eigenvalue weighted by molar-refractivity contribution is 0.103. The number of nitrogens with zero attached hydrogens (tertiary/aromatic N) is 2. The van der Waals surface area contributed by atoms with E-state index in [-0.39, 0.29) is 11.6 Å². The molecule has 1 aromatic carbocycles. The van der Waals surface area contributed by atoms with Gasteiger partial charge in [0.2, 0.25) is 0 Å². The van der Waals surface area contributed by atoms with Crippen molar-refractivity contribution in [1.29, 1.82) is 0 Å². The van der Waals surface area contributed by atoms with Crippen molar-refractivity contribution in [3.8, 4) is 11.3 Å². The molecular weight excluding hydrogens is 303 g/mol. The van der Waals surface area contributed by atoms with Crippen molar-refractivity contribution >= 4 is 22.9 Å². The Morgan fingerprint density at radius 2 is 1.91 bits per heavy atom. The monoisotopic (exact) mass is 314 g/mol. The summed E-state index contributed by atoms with van der Waals surface area (Å²) in [6.45, 7) is 5.35. The second kappa shape index (κ2) is 5.39. The number of hydrogen-bond acceptors (Lipinski definition) is 2. The molecule has 3 aromatic rings. The fourth-order valence-electron chi connectivity index (χ4n) is 2.28. The maximum atomic E-state index is 13.1. The molecule has 2 heterocycles. The first-order valence-electron chi connectivity index (χ1n) is 6.62. The number of carbonyl (C=O) groups excluding carboxylic acids is 1. The van der Waals surface area contributed by atoms with E-state index in [4.69, 9.17) is 11.6 Å². The first-order chi connectivity index (χ1) is 10.5. The van der Waals surface area contributed by atoms with Gasteiger partial charge in [0.25, 0.3) is 0 Å². The molecule has 0 bridgehead atoms. The minimum Gasteiger partial charge on any atom is -0.289 e. The minimum absolute atomic E-state index is 0.211. The van der Waals surface area contributed by atoms with E-state index in [1.165, 1.54) is 16.6 Å². The van der Waals surface area contributed by atoms with Crippen LogP contribution in [0.2, 0.25) is 5.15 Å². The van der Waals surface area contributed by atoms with Crippen molar-refractivity contribution in [3.05, 3.63) is 71.2 Å². The highest BCUT2D eigenvalue weighted by molar-refractivity contribution is 6.30. The standard InChI is InChI=1S/C17H12ClFN2O/c1-10(2)17(22)15-13-4-3-5-14(18)21(13)20-16(15)11-6-8-12(19)9-7-11/h3-9H,1H2,2H3. The Bertz CT molecular complexity index is 897. The number of hydrogen-bond donors (Lipinski definition) is 0. The molecule has 0 spiro atoms. The van der Waals surface area contributed by atoms with Gasteiger partial charge in [0.15, 0.2) is 5.78 Å². The summed E-state index contributed by atoms with van der Waals surface area (Å²) >= 11 is 6.15. The summed E-state index contributed by atoms with van der Waals surface area (Å²) in [7, 11) is 0. The summed E-state index contributed by atoms with van der Waals surface area (Å²) in [5.41, 5.74) is 2.52. The van der Waals surface area contributed by atoms with Crippen LogP contribution in [0, 0.1) is 5.82 Å². The van der Waals surface area contributed by atoms with Crippen LogP contribution in [0.25, 0.3) is 16.8 Å². The summed E-state index contributed by atoms with van der Waals surface area (Å²) < 4.78 is 14.6. The molecule has 0 aliphatic heterocycles. The average molecular weight is 315 g/mol. The molecular formula is C17H12ClFN2O. The predicted molar refractivity (Wildman–Crippen MR) is 84.7 cm³/mol. The molecule has 0 N–H and O–H groups in total. The Labute approximate surface area is 131 Å². The number of allylic oxidation sites excluding steroid dienone is 1. The number of ketones is 1. The molecule has 0 saturated heterocycles. The third-order valence-electron chi connectivity index (χ3n) is 3.34. The van der Waals surface area contributed by atoms with Crippen molar-refractivity contribution in [2.75, 3.05) is 0 Å². The summed E-state index contributed by atoms with van der Waals surface area (Å²) in [5.74, 6) is -0.560. The van der Waals surface area contributed by atoms with Gasteiger partial charge in [0, 0.05) is 5.56 Å². The van der Waals surface area contributed by atoms with Crippen LogP contribution < -0.4 is 0 Å². The van der Waals surface area contributed by atoms with Crippen molar-refractivity contribution in [2.24, 2.45) is 0 Å². The number of rotatable bonds is 3. The number of aromatic nitrogens is 2. The van der Waals surface area contributed by atoms with Crippen LogP contribution in [0.4, 0.5) is 4.39 Å². The molecule has 0 saturated carbocycles. The fraction of sp³-hybridized carbons (Fsp3) is 0.0588. The predicted octanol–water partition coefficient (Wildman–Crippen LogP) is 4.55. The molecule has 0 aliphatic carbocycles. The molecule has 0 radical (unpaired) electrons. The van der Waals surface area contributed by atoms with Gasteiger partial charge >= 0.3 is 0 Å². The molecule has 2 aromatic heterocycles. The third kappa shape index (κ3) is 2.31. The van der Waals surface area contributed by atoms with Gasteiger partial charge < -0.3 is 0 Å². The van der Waals surface area contributed by atoms with Gasteiger partial charge in [-0.15, -0.1) is 0 Å². The van der Waals surface area contributed by atoms with Crippen LogP contribution in [0.1, 0.15) is 17.3 Å². The number of pyridine rings is 1. The fourth-order valence-corrected chi connectivity index (χ4v) is 2.49. The highest BCUT2D eigenvalue weighted by Crippen LogP contribution is 2.29. The van der Waals surface area contributed by atoms with Crippen LogP contribution in [-0.4, -0.2) is 15.4 Å². The van der Waals surface area contributed by atoms with E-state index in [0.717, 1.165) is 0 Å². The number of benzene rings is 1. The molecule has 0 fully saturated rings. The van der Waals surface area contributed by atoms with E-state index in [2.05, 4.69) is 11.7 Å². The summed E-state index contributed by atoms with van der Waals surface area (Å²) in [6, 6.07) is 11.0. The highest BCUT2D eigenvalue weighted by atomic mass is 35.5. The molecule has 3 rings (SSSR count). The summed E-state index contributed by atoms with van der Waals surface area (Å²) in [6.07, 6.45) is 0. The van der Waals surface area contributed by atoms with Crippen molar-refractivity contribution in [2.45, 2.75) is 6.92 Å². The normalized spacial score (nSPS) is 10.9. The van der Waals surface area contributed by atoms with Crippen molar-refractivity contribution < 1.29 is 9.18 Å². The largest absolute Gasteiger partial charge is 0.289 e. The van der Waals surface area contributed by atoms with Gasteiger partial charge in [-0.3, -0.25) is 4.79 Å². The molecule has 0 aliphatic rings. The van der Waals surface area contributed by atoms with Crippen molar-refractivity contribution in [3.63, 3.8) is 0 Å². The molecule has 5 heteroatoms. The maximum absolute atomic E-state index is 13.1. The third-order valence-corrected chi connectivity index (χ3v) is 3.63. The van der Waals surface area contributed by atoms with E-state index in [0.29, 0.717) is 33.1 Å². The first-order valence-corrected chi connectivity index (χ1v) is 7.00. The summed E-state index contributed by atoms with van der Waals surface area (Å²) in [5, 5.41) is 4.81. The van der Waals surface area contributed by atoms with Crippen LogP contribution in [-0.2, 0) is 0 Å². The van der Waals surface area contributed by atoms with Crippen LogP contribution in [0.15, 0.2) is 54.6 Å². The Balaban J connectivity index is 2.35. The van der Waals surface area contributed by atoms with E-state index in [1.807, 2.05) is 0 Å². The second-order valence-electron chi connectivity index (χ2n) is 4.99. The lowest BCUT2D eigenvalue weighted by atomic mass is 10.00. The Kier molecular flexibility index (Phi) is 3.54. The van der Waals surface area contributed by atoms with E-state index < -0.39 is 0 Å². The molecule has 22 heavy (non-hydrogen) atoms. The van der Waals surface area contributed by atoms with Gasteiger partial charge in [-0.1, -0.05) is 24.2 Å². The highest BCUT2D eigenvalue weighted by Gasteiger charge is 2.22. The Hall–Kier alpha value is -2.46. The molecule has 110 valence electrons.